The standard InChI is InChI=1S/C16H23NO3/c1-20-15-7-6-13(10-14(15)19)16(17)12-4-2-11(3-5-12)8-9-18/h6-7,10-12,17-19H,2-5,8-9H2,1H3. The van der Waals surface area contributed by atoms with Gasteiger partial charge in [-0.3, -0.25) is 0 Å². The predicted molar refractivity (Wildman–Crippen MR) is 78.6 cm³/mol. The fourth-order valence-corrected chi connectivity index (χ4v) is 3.02. The molecule has 1 aromatic rings. The van der Waals surface area contributed by atoms with Gasteiger partial charge in [-0.25, -0.2) is 0 Å². The first-order valence-electron chi connectivity index (χ1n) is 7.22. The average molecular weight is 277 g/mol. The highest BCUT2D eigenvalue weighted by Gasteiger charge is 2.24. The van der Waals surface area contributed by atoms with Gasteiger partial charge in [0.1, 0.15) is 0 Å². The number of ether oxygens (including phenoxy) is 1. The normalized spacial score (nSPS) is 22.5. The van der Waals surface area contributed by atoms with Crippen LogP contribution in [-0.2, 0) is 0 Å². The summed E-state index contributed by atoms with van der Waals surface area (Å²) in [4.78, 5) is 0. The zero-order chi connectivity index (χ0) is 14.5. The van der Waals surface area contributed by atoms with Crippen LogP contribution < -0.4 is 4.74 Å². The van der Waals surface area contributed by atoms with Gasteiger partial charge in [0, 0.05) is 18.2 Å². The Labute approximate surface area is 119 Å². The van der Waals surface area contributed by atoms with Crippen LogP contribution in [0.1, 0.15) is 37.7 Å². The van der Waals surface area contributed by atoms with E-state index in [-0.39, 0.29) is 18.3 Å². The van der Waals surface area contributed by atoms with Crippen molar-refractivity contribution in [1.29, 1.82) is 5.41 Å². The van der Waals surface area contributed by atoms with E-state index >= 15 is 0 Å². The van der Waals surface area contributed by atoms with E-state index in [2.05, 4.69) is 0 Å². The highest BCUT2D eigenvalue weighted by Crippen LogP contribution is 2.34. The molecular formula is C16H23NO3. The largest absolute Gasteiger partial charge is 0.504 e. The lowest BCUT2D eigenvalue weighted by molar-refractivity contribution is 0.221. The molecule has 0 amide bonds. The van der Waals surface area contributed by atoms with Crippen LogP contribution in [0, 0.1) is 17.2 Å². The SMILES string of the molecule is COc1ccc(C(=N)C2CCC(CCO)CC2)cc1O. The molecule has 0 atom stereocenters. The van der Waals surface area contributed by atoms with Crippen molar-refractivity contribution in [3.8, 4) is 11.5 Å². The summed E-state index contributed by atoms with van der Waals surface area (Å²) in [6.07, 6.45) is 5.03. The third-order valence-electron chi connectivity index (χ3n) is 4.28. The van der Waals surface area contributed by atoms with E-state index in [9.17, 15) is 5.11 Å². The van der Waals surface area contributed by atoms with Crippen molar-refractivity contribution in [2.75, 3.05) is 13.7 Å². The van der Waals surface area contributed by atoms with Gasteiger partial charge in [-0.15, -0.1) is 0 Å². The molecular weight excluding hydrogens is 254 g/mol. The summed E-state index contributed by atoms with van der Waals surface area (Å²) in [7, 11) is 1.52. The molecule has 0 heterocycles. The molecule has 0 saturated heterocycles. The third-order valence-corrected chi connectivity index (χ3v) is 4.28. The Morgan fingerprint density at radius 1 is 1.30 bits per heavy atom. The number of phenols is 1. The second kappa shape index (κ2) is 6.75. The van der Waals surface area contributed by atoms with Crippen LogP contribution >= 0.6 is 0 Å². The van der Waals surface area contributed by atoms with Crippen molar-refractivity contribution < 1.29 is 14.9 Å². The molecule has 3 N–H and O–H groups in total. The van der Waals surface area contributed by atoms with Gasteiger partial charge in [-0.2, -0.15) is 0 Å². The number of hydrogen-bond donors (Lipinski definition) is 3. The number of phenolic OH excluding ortho intramolecular Hbond substituents is 1. The van der Waals surface area contributed by atoms with E-state index in [4.69, 9.17) is 15.3 Å². The summed E-state index contributed by atoms with van der Waals surface area (Å²) in [5, 5.41) is 27.1. The molecule has 0 unspecified atom stereocenters. The van der Waals surface area contributed by atoms with Crippen LogP contribution in [0.5, 0.6) is 11.5 Å². The third kappa shape index (κ3) is 3.31. The summed E-state index contributed by atoms with van der Waals surface area (Å²) in [5.74, 6) is 1.39. The number of benzene rings is 1. The van der Waals surface area contributed by atoms with Crippen molar-refractivity contribution in [3.63, 3.8) is 0 Å². The summed E-state index contributed by atoms with van der Waals surface area (Å²) in [6.45, 7) is 0.263. The van der Waals surface area contributed by atoms with Gasteiger partial charge < -0.3 is 20.4 Å². The highest BCUT2D eigenvalue weighted by atomic mass is 16.5. The van der Waals surface area contributed by atoms with E-state index in [1.165, 1.54) is 7.11 Å². The molecule has 4 nitrogen and oxygen atoms in total. The second-order valence-electron chi connectivity index (χ2n) is 5.53. The van der Waals surface area contributed by atoms with Gasteiger partial charge in [0.05, 0.1) is 7.11 Å². The van der Waals surface area contributed by atoms with Gasteiger partial charge in [0.15, 0.2) is 11.5 Å². The van der Waals surface area contributed by atoms with Gasteiger partial charge in [0.25, 0.3) is 0 Å². The first-order chi connectivity index (χ1) is 9.65. The van der Waals surface area contributed by atoms with Gasteiger partial charge in [0.2, 0.25) is 0 Å². The first-order valence-corrected chi connectivity index (χ1v) is 7.22. The molecule has 1 saturated carbocycles. The molecule has 1 fully saturated rings. The molecule has 1 aliphatic carbocycles. The lowest BCUT2D eigenvalue weighted by Gasteiger charge is -2.28. The number of aliphatic hydroxyl groups excluding tert-OH is 1. The number of rotatable bonds is 5. The van der Waals surface area contributed by atoms with Crippen LogP contribution in [-0.4, -0.2) is 29.6 Å². The van der Waals surface area contributed by atoms with Gasteiger partial charge in [-0.1, -0.05) is 0 Å². The maximum Gasteiger partial charge on any atom is 0.160 e. The zero-order valence-corrected chi connectivity index (χ0v) is 11.9. The fourth-order valence-electron chi connectivity index (χ4n) is 3.02. The van der Waals surface area contributed by atoms with Crippen molar-refractivity contribution in [2.45, 2.75) is 32.1 Å². The Hall–Kier alpha value is -1.55. The summed E-state index contributed by atoms with van der Waals surface area (Å²) in [6, 6.07) is 5.15. The molecule has 1 aromatic carbocycles. The van der Waals surface area contributed by atoms with Crippen molar-refractivity contribution in [3.05, 3.63) is 23.8 Å². The summed E-state index contributed by atoms with van der Waals surface area (Å²) >= 11 is 0. The minimum Gasteiger partial charge on any atom is -0.504 e. The minimum absolute atomic E-state index is 0.0868. The lowest BCUT2D eigenvalue weighted by atomic mass is 9.77. The quantitative estimate of drug-likeness (QED) is 0.724. The van der Waals surface area contributed by atoms with Crippen molar-refractivity contribution >= 4 is 5.71 Å². The fraction of sp³-hybridized carbons (Fsp3) is 0.562. The number of hydrogen-bond acceptors (Lipinski definition) is 4. The Morgan fingerprint density at radius 2 is 2.00 bits per heavy atom. The van der Waals surface area contributed by atoms with Crippen LogP contribution in [0.4, 0.5) is 0 Å². The van der Waals surface area contributed by atoms with E-state index in [1.807, 2.05) is 6.07 Å². The Kier molecular flexibility index (Phi) is 5.01. The monoisotopic (exact) mass is 277 g/mol. The first kappa shape index (κ1) is 14.9. The zero-order valence-electron chi connectivity index (χ0n) is 11.9. The molecule has 0 aliphatic heterocycles. The maximum absolute atomic E-state index is 9.80. The predicted octanol–water partition coefficient (Wildman–Crippen LogP) is 2.96. The molecule has 0 radical (unpaired) electrons. The second-order valence-corrected chi connectivity index (χ2v) is 5.53. The molecule has 0 aromatic heterocycles. The molecule has 20 heavy (non-hydrogen) atoms. The van der Waals surface area contributed by atoms with Crippen LogP contribution in [0.15, 0.2) is 18.2 Å². The molecule has 2 rings (SSSR count). The molecule has 0 bridgehead atoms. The van der Waals surface area contributed by atoms with E-state index in [0.717, 1.165) is 37.7 Å². The van der Waals surface area contributed by atoms with E-state index < -0.39 is 0 Å². The Bertz CT molecular complexity index is 465. The van der Waals surface area contributed by atoms with Gasteiger partial charge >= 0.3 is 0 Å². The number of methoxy groups -OCH3 is 1. The number of nitrogens with one attached hydrogen (secondary N) is 1. The topological polar surface area (TPSA) is 73.5 Å². The van der Waals surface area contributed by atoms with Crippen molar-refractivity contribution in [1.82, 2.24) is 0 Å². The number of aliphatic hydroxyl groups is 1. The van der Waals surface area contributed by atoms with Crippen LogP contribution in [0.25, 0.3) is 0 Å². The van der Waals surface area contributed by atoms with E-state index in [1.54, 1.807) is 12.1 Å². The Morgan fingerprint density at radius 3 is 2.55 bits per heavy atom. The summed E-state index contributed by atoms with van der Waals surface area (Å²) in [5.41, 5.74) is 1.37. The lowest BCUT2D eigenvalue weighted by Crippen LogP contribution is -2.22. The molecule has 110 valence electrons. The van der Waals surface area contributed by atoms with Crippen LogP contribution in [0.2, 0.25) is 0 Å². The molecule has 1 aliphatic rings. The smallest absolute Gasteiger partial charge is 0.160 e. The molecule has 4 heteroatoms. The average Bonchev–Trinajstić information content (AvgIpc) is 2.47. The minimum atomic E-state index is 0.0868. The number of aromatic hydroxyl groups is 1. The Balaban J connectivity index is 2.00. The van der Waals surface area contributed by atoms with Gasteiger partial charge in [-0.05, 0) is 61.8 Å². The molecule has 0 spiro atoms. The summed E-state index contributed by atoms with van der Waals surface area (Å²) < 4.78 is 5.02. The van der Waals surface area contributed by atoms with Crippen LogP contribution in [0.3, 0.4) is 0 Å². The van der Waals surface area contributed by atoms with Crippen molar-refractivity contribution in [2.24, 2.45) is 11.8 Å². The van der Waals surface area contributed by atoms with E-state index in [0.29, 0.717) is 17.4 Å². The maximum atomic E-state index is 9.80. The highest BCUT2D eigenvalue weighted by molar-refractivity contribution is 6.00.